The van der Waals surface area contributed by atoms with Gasteiger partial charge in [0.2, 0.25) is 5.91 Å². The molecule has 0 bridgehead atoms. The molecule has 0 aliphatic heterocycles. The van der Waals surface area contributed by atoms with E-state index in [0.29, 0.717) is 5.56 Å². The minimum atomic E-state index is -4.66. The van der Waals surface area contributed by atoms with E-state index in [-0.39, 0.29) is 29.1 Å². The summed E-state index contributed by atoms with van der Waals surface area (Å²) in [5.74, 6) is -8.27. The molecule has 1 saturated carbocycles. The van der Waals surface area contributed by atoms with Crippen LogP contribution in [-0.2, 0) is 22.6 Å². The van der Waals surface area contributed by atoms with E-state index < -0.39 is 57.9 Å². The van der Waals surface area contributed by atoms with Crippen molar-refractivity contribution in [3.05, 3.63) is 69.5 Å². The number of carbonyl (C=O) groups is 2. The van der Waals surface area contributed by atoms with E-state index in [1.54, 1.807) is 0 Å². The fourth-order valence-corrected chi connectivity index (χ4v) is 4.58. The lowest BCUT2D eigenvalue weighted by Crippen LogP contribution is -2.28. The third-order valence-corrected chi connectivity index (χ3v) is 6.40. The predicted octanol–water partition coefficient (Wildman–Crippen LogP) is 6.03. The van der Waals surface area contributed by atoms with Crippen molar-refractivity contribution in [1.82, 2.24) is 5.32 Å². The van der Waals surface area contributed by atoms with Crippen LogP contribution in [-0.4, -0.2) is 22.2 Å². The maximum atomic E-state index is 13.6. The summed E-state index contributed by atoms with van der Waals surface area (Å²) in [5, 5.41) is 2.25. The minimum absolute atomic E-state index is 0.0704. The minimum Gasteiger partial charge on any atom is -0.352 e. The Morgan fingerprint density at radius 1 is 1.03 bits per heavy atom. The molecule has 0 heterocycles. The van der Waals surface area contributed by atoms with Crippen molar-refractivity contribution < 1.29 is 35.9 Å². The van der Waals surface area contributed by atoms with Crippen molar-refractivity contribution in [3.8, 4) is 0 Å². The molecule has 0 spiro atoms. The second kappa shape index (κ2) is 9.35. The van der Waals surface area contributed by atoms with Gasteiger partial charge < -0.3 is 5.32 Å². The Morgan fingerprint density at radius 2 is 1.64 bits per heavy atom. The Hall–Kier alpha value is -1.97. The molecule has 1 aliphatic carbocycles. The fraction of sp³-hybridized carbons (Fsp3) is 0.333. The van der Waals surface area contributed by atoms with Crippen LogP contribution >= 0.6 is 34.8 Å². The number of rotatable bonds is 7. The number of carbonyl (C=O) groups excluding carboxylic acids is 2. The van der Waals surface area contributed by atoms with Crippen LogP contribution in [0.2, 0.25) is 5.02 Å². The molecule has 2 unspecified atom stereocenters. The lowest BCUT2D eigenvalue weighted by Gasteiger charge is -2.10. The first-order valence-electron chi connectivity index (χ1n) is 9.36. The van der Waals surface area contributed by atoms with E-state index in [1.165, 1.54) is 18.2 Å². The molecule has 2 aromatic rings. The van der Waals surface area contributed by atoms with Gasteiger partial charge in [-0.15, -0.1) is 23.2 Å². The van der Waals surface area contributed by atoms with Crippen molar-refractivity contribution >= 4 is 46.5 Å². The van der Waals surface area contributed by atoms with E-state index in [9.17, 15) is 35.9 Å². The molecule has 0 radical (unpaired) electrons. The molecule has 178 valence electrons. The average molecular weight is 533 g/mol. The van der Waals surface area contributed by atoms with Gasteiger partial charge in [-0.3, -0.25) is 9.59 Å². The van der Waals surface area contributed by atoms with Gasteiger partial charge >= 0.3 is 6.18 Å². The van der Waals surface area contributed by atoms with Crippen LogP contribution in [0.25, 0.3) is 0 Å². The quantitative estimate of drug-likeness (QED) is 0.269. The number of amides is 1. The van der Waals surface area contributed by atoms with Crippen LogP contribution in [0.3, 0.4) is 0 Å². The number of halogens is 9. The van der Waals surface area contributed by atoms with Gasteiger partial charge in [0.25, 0.3) is 0 Å². The number of benzene rings is 2. The zero-order valence-electron chi connectivity index (χ0n) is 16.4. The highest BCUT2D eigenvalue weighted by molar-refractivity contribution is 6.53. The molecule has 2 aromatic carbocycles. The molecule has 1 amide bonds. The molecule has 1 N–H and O–H groups in total. The molecule has 0 saturated heterocycles. The standard InChI is InChI=1S/C21H14Cl3F6NO2/c22-12-2-1-9(3-11(12)8-31-16(33)7-20(28,29)30)4-15(32)18-17(21(18,23)24)10-5-13(25)19(27)14(26)6-10/h1-3,5-6,17-18H,4,7-8H2,(H,31,33). The van der Waals surface area contributed by atoms with Gasteiger partial charge in [-0.05, 0) is 34.9 Å². The van der Waals surface area contributed by atoms with Crippen LogP contribution in [0.4, 0.5) is 26.3 Å². The molecular weight excluding hydrogens is 519 g/mol. The van der Waals surface area contributed by atoms with Gasteiger partial charge in [0.15, 0.2) is 17.5 Å². The van der Waals surface area contributed by atoms with E-state index in [4.69, 9.17) is 34.8 Å². The number of Topliss-reactive ketones (excluding diaryl/α,β-unsaturated/α-hetero) is 1. The van der Waals surface area contributed by atoms with E-state index >= 15 is 0 Å². The molecule has 12 heteroatoms. The van der Waals surface area contributed by atoms with Crippen molar-refractivity contribution in [2.75, 3.05) is 0 Å². The maximum Gasteiger partial charge on any atom is 0.397 e. The van der Waals surface area contributed by atoms with Crippen molar-refractivity contribution in [2.24, 2.45) is 5.92 Å². The van der Waals surface area contributed by atoms with Crippen LogP contribution in [0, 0.1) is 23.4 Å². The van der Waals surface area contributed by atoms with Crippen LogP contribution < -0.4 is 5.32 Å². The largest absolute Gasteiger partial charge is 0.397 e. The molecule has 2 atom stereocenters. The SMILES string of the molecule is O=C(CC(F)(F)F)NCc1cc(CC(=O)C2C(c3cc(F)c(F)c(F)c3)C2(Cl)Cl)ccc1Cl. The van der Waals surface area contributed by atoms with Gasteiger partial charge in [-0.2, -0.15) is 13.2 Å². The van der Waals surface area contributed by atoms with Gasteiger partial charge in [0.05, 0.1) is 5.92 Å². The molecule has 33 heavy (non-hydrogen) atoms. The highest BCUT2D eigenvalue weighted by Crippen LogP contribution is 2.65. The first-order chi connectivity index (χ1) is 15.2. The summed E-state index contributed by atoms with van der Waals surface area (Å²) in [6.45, 7) is -0.301. The fourth-order valence-electron chi connectivity index (χ4n) is 3.52. The number of nitrogens with one attached hydrogen (secondary N) is 1. The maximum absolute atomic E-state index is 13.6. The summed E-state index contributed by atoms with van der Waals surface area (Å²) in [5.41, 5.74) is 0.602. The van der Waals surface area contributed by atoms with Crippen LogP contribution in [0.15, 0.2) is 30.3 Å². The number of hydrogen-bond donors (Lipinski definition) is 1. The Bertz CT molecular complexity index is 1080. The normalized spacial score (nSPS) is 19.3. The molecule has 1 aliphatic rings. The van der Waals surface area contributed by atoms with E-state index in [0.717, 1.165) is 12.1 Å². The summed E-state index contributed by atoms with van der Waals surface area (Å²) < 4.78 is 75.5. The third kappa shape index (κ3) is 5.94. The van der Waals surface area contributed by atoms with Crippen molar-refractivity contribution in [3.63, 3.8) is 0 Å². The van der Waals surface area contributed by atoms with Gasteiger partial charge in [0.1, 0.15) is 16.5 Å². The van der Waals surface area contributed by atoms with Gasteiger partial charge in [-0.25, -0.2) is 13.2 Å². The second-order valence-electron chi connectivity index (χ2n) is 7.57. The molecular formula is C21H14Cl3F6NO2. The van der Waals surface area contributed by atoms with E-state index in [1.807, 2.05) is 0 Å². The first kappa shape index (κ1) is 25.6. The third-order valence-electron chi connectivity index (χ3n) is 5.09. The number of hydrogen-bond acceptors (Lipinski definition) is 2. The Kier molecular flexibility index (Phi) is 7.27. The van der Waals surface area contributed by atoms with Gasteiger partial charge in [-0.1, -0.05) is 23.7 Å². The van der Waals surface area contributed by atoms with Crippen molar-refractivity contribution in [2.45, 2.75) is 35.8 Å². The Morgan fingerprint density at radius 3 is 2.21 bits per heavy atom. The second-order valence-corrected chi connectivity index (χ2v) is 9.42. The molecule has 0 aromatic heterocycles. The predicted molar refractivity (Wildman–Crippen MR) is 110 cm³/mol. The summed E-state index contributed by atoms with van der Waals surface area (Å²) in [6, 6.07) is 5.76. The number of ketones is 1. The summed E-state index contributed by atoms with van der Waals surface area (Å²) in [4.78, 5) is 24.2. The molecule has 1 fully saturated rings. The highest BCUT2D eigenvalue weighted by Gasteiger charge is 2.67. The van der Waals surface area contributed by atoms with Gasteiger partial charge in [0, 0.05) is 23.9 Å². The zero-order chi connectivity index (χ0) is 24.7. The van der Waals surface area contributed by atoms with Crippen LogP contribution in [0.5, 0.6) is 0 Å². The summed E-state index contributed by atoms with van der Waals surface area (Å²) in [6.07, 6.45) is -6.53. The Labute approximate surface area is 199 Å². The highest BCUT2D eigenvalue weighted by atomic mass is 35.5. The summed E-state index contributed by atoms with van der Waals surface area (Å²) >= 11 is 18.3. The topological polar surface area (TPSA) is 46.2 Å². The van der Waals surface area contributed by atoms with E-state index in [2.05, 4.69) is 5.32 Å². The van der Waals surface area contributed by atoms with Crippen molar-refractivity contribution in [1.29, 1.82) is 0 Å². The average Bonchev–Trinajstić information content (AvgIpc) is 3.27. The Balaban J connectivity index is 1.70. The first-order valence-corrected chi connectivity index (χ1v) is 10.5. The monoisotopic (exact) mass is 531 g/mol. The number of alkyl halides is 5. The smallest absolute Gasteiger partial charge is 0.352 e. The molecule has 3 rings (SSSR count). The molecule has 3 nitrogen and oxygen atoms in total. The van der Waals surface area contributed by atoms with Crippen LogP contribution in [0.1, 0.15) is 29.0 Å². The summed E-state index contributed by atoms with van der Waals surface area (Å²) in [7, 11) is 0. The lowest BCUT2D eigenvalue weighted by molar-refractivity contribution is -0.153. The zero-order valence-corrected chi connectivity index (χ0v) is 18.6. The lowest BCUT2D eigenvalue weighted by atomic mass is 10.0.